The lowest BCUT2D eigenvalue weighted by atomic mass is 10.2. The number of amidine groups is 1. The molecule has 0 aliphatic carbocycles. The van der Waals surface area contributed by atoms with Crippen LogP contribution in [0.4, 0.5) is 5.69 Å². The molecule has 0 aliphatic rings. The van der Waals surface area contributed by atoms with Gasteiger partial charge in [0.25, 0.3) is 0 Å². The van der Waals surface area contributed by atoms with E-state index in [0.29, 0.717) is 5.56 Å². The lowest BCUT2D eigenvalue weighted by Crippen LogP contribution is -2.32. The predicted octanol–water partition coefficient (Wildman–Crippen LogP) is -0.408. The van der Waals surface area contributed by atoms with Gasteiger partial charge in [-0.2, -0.15) is 0 Å². The van der Waals surface area contributed by atoms with Gasteiger partial charge >= 0.3 is 0 Å². The van der Waals surface area contributed by atoms with Crippen LogP contribution in [-0.4, -0.2) is 52.7 Å². The van der Waals surface area contributed by atoms with E-state index in [1.165, 1.54) is 19.2 Å². The summed E-state index contributed by atoms with van der Waals surface area (Å²) < 4.78 is 47.3. The molecule has 0 heterocycles. The Morgan fingerprint density at radius 3 is 2.43 bits per heavy atom. The van der Waals surface area contributed by atoms with Gasteiger partial charge in [0, 0.05) is 18.9 Å². The second-order valence-corrected chi connectivity index (χ2v) is 8.83. The molecule has 0 aromatic heterocycles. The number of hydrogen-bond donors (Lipinski definition) is 2. The summed E-state index contributed by atoms with van der Waals surface area (Å²) in [5.74, 6) is -1.13. The van der Waals surface area contributed by atoms with E-state index < -0.39 is 31.4 Å². The van der Waals surface area contributed by atoms with Crippen LogP contribution in [0, 0.1) is 0 Å². The highest BCUT2D eigenvalue weighted by Gasteiger charge is 2.21. The second-order valence-electron chi connectivity index (χ2n) is 4.45. The van der Waals surface area contributed by atoms with E-state index in [2.05, 4.69) is 5.16 Å². The number of benzene rings is 1. The Balaban J connectivity index is 3.05. The first-order valence-corrected chi connectivity index (χ1v) is 9.46. The van der Waals surface area contributed by atoms with Crippen molar-refractivity contribution in [3.8, 4) is 0 Å². The van der Waals surface area contributed by atoms with Gasteiger partial charge in [-0.15, -0.1) is 0 Å². The maximum atomic E-state index is 12.1. The van der Waals surface area contributed by atoms with Crippen LogP contribution < -0.4 is 10.0 Å². The summed E-state index contributed by atoms with van der Waals surface area (Å²) in [4.78, 5) is 0. The SMILES string of the molecule is CN(c1cccc(C(N)=NO)c1)S(=O)(=O)CCS(C)(=O)=O. The molecule has 118 valence electrons. The fraction of sp³-hybridized carbons (Fsp3) is 0.364. The van der Waals surface area contributed by atoms with Gasteiger partial charge < -0.3 is 10.9 Å². The Kier molecular flexibility index (Phi) is 5.18. The van der Waals surface area contributed by atoms with Gasteiger partial charge in [0.1, 0.15) is 9.84 Å². The molecule has 1 aromatic carbocycles. The molecule has 1 rings (SSSR count). The van der Waals surface area contributed by atoms with Crippen molar-refractivity contribution < 1.29 is 22.0 Å². The van der Waals surface area contributed by atoms with Gasteiger partial charge in [0.2, 0.25) is 10.0 Å². The molecular formula is C11H17N3O5S2. The molecule has 1 aromatic rings. The van der Waals surface area contributed by atoms with Gasteiger partial charge in [0.15, 0.2) is 5.84 Å². The molecule has 0 unspecified atom stereocenters. The number of anilines is 1. The third-order valence-corrected chi connectivity index (χ3v) is 5.71. The molecule has 3 N–H and O–H groups in total. The maximum absolute atomic E-state index is 12.1. The molecule has 0 bridgehead atoms. The minimum Gasteiger partial charge on any atom is -0.409 e. The van der Waals surface area contributed by atoms with Crippen LogP contribution in [0.15, 0.2) is 29.4 Å². The zero-order valence-corrected chi connectivity index (χ0v) is 13.2. The summed E-state index contributed by atoms with van der Waals surface area (Å²) in [7, 11) is -5.85. The number of nitrogens with zero attached hydrogens (tertiary/aromatic N) is 2. The van der Waals surface area contributed by atoms with Crippen LogP contribution in [-0.2, 0) is 19.9 Å². The Bertz CT molecular complexity index is 741. The number of sulfone groups is 1. The standard InChI is InChI=1S/C11H17N3O5S2/c1-14(21(18,19)7-6-20(2,16)17)10-5-3-4-9(8-10)11(12)13-15/h3-5,8,15H,6-7H2,1-2H3,(H2,12,13). The number of oxime groups is 1. The van der Waals surface area contributed by atoms with Crippen molar-refractivity contribution in [2.24, 2.45) is 10.9 Å². The first-order valence-electron chi connectivity index (χ1n) is 5.79. The van der Waals surface area contributed by atoms with Crippen LogP contribution in [0.5, 0.6) is 0 Å². The summed E-state index contributed by atoms with van der Waals surface area (Å²) >= 11 is 0. The highest BCUT2D eigenvalue weighted by atomic mass is 32.2. The monoisotopic (exact) mass is 335 g/mol. The topological polar surface area (TPSA) is 130 Å². The van der Waals surface area contributed by atoms with Crippen molar-refractivity contribution in [3.63, 3.8) is 0 Å². The van der Waals surface area contributed by atoms with E-state index in [0.717, 1.165) is 10.6 Å². The molecule has 10 heteroatoms. The zero-order valence-electron chi connectivity index (χ0n) is 11.6. The van der Waals surface area contributed by atoms with Crippen molar-refractivity contribution >= 4 is 31.4 Å². The fourth-order valence-corrected chi connectivity index (χ4v) is 4.24. The lowest BCUT2D eigenvalue weighted by Gasteiger charge is -2.19. The van der Waals surface area contributed by atoms with Crippen molar-refractivity contribution in [2.75, 3.05) is 29.1 Å². The van der Waals surface area contributed by atoms with Crippen LogP contribution in [0.25, 0.3) is 0 Å². The maximum Gasteiger partial charge on any atom is 0.235 e. The van der Waals surface area contributed by atoms with Gasteiger partial charge in [-0.25, -0.2) is 16.8 Å². The average Bonchev–Trinajstić information content (AvgIpc) is 2.43. The first-order chi connectivity index (χ1) is 9.57. The van der Waals surface area contributed by atoms with Gasteiger partial charge in [0.05, 0.1) is 17.2 Å². The van der Waals surface area contributed by atoms with Gasteiger partial charge in [-0.05, 0) is 12.1 Å². The van der Waals surface area contributed by atoms with Crippen LogP contribution in [0.1, 0.15) is 5.56 Å². The minimum atomic E-state index is -3.78. The largest absolute Gasteiger partial charge is 0.409 e. The number of rotatable bonds is 6. The normalized spacial score (nSPS) is 13.1. The Morgan fingerprint density at radius 1 is 1.29 bits per heavy atom. The quantitative estimate of drug-likeness (QED) is 0.314. The highest BCUT2D eigenvalue weighted by Crippen LogP contribution is 2.18. The summed E-state index contributed by atoms with van der Waals surface area (Å²) in [5.41, 5.74) is 6.07. The van der Waals surface area contributed by atoms with E-state index in [-0.39, 0.29) is 11.5 Å². The molecule has 0 spiro atoms. The van der Waals surface area contributed by atoms with E-state index in [1.807, 2.05) is 0 Å². The van der Waals surface area contributed by atoms with E-state index in [1.54, 1.807) is 12.1 Å². The lowest BCUT2D eigenvalue weighted by molar-refractivity contribution is 0.318. The molecule has 0 fully saturated rings. The predicted molar refractivity (Wildman–Crippen MR) is 80.9 cm³/mol. The number of hydrogen-bond acceptors (Lipinski definition) is 6. The van der Waals surface area contributed by atoms with Crippen LogP contribution in [0.2, 0.25) is 0 Å². The number of sulfonamides is 1. The minimum absolute atomic E-state index is 0.154. The van der Waals surface area contributed by atoms with Crippen molar-refractivity contribution in [1.29, 1.82) is 0 Å². The van der Waals surface area contributed by atoms with Crippen molar-refractivity contribution in [2.45, 2.75) is 0 Å². The fourth-order valence-electron chi connectivity index (χ4n) is 1.47. The summed E-state index contributed by atoms with van der Waals surface area (Å²) in [6, 6.07) is 6.04. The van der Waals surface area contributed by atoms with Crippen molar-refractivity contribution in [1.82, 2.24) is 0 Å². The number of nitrogens with two attached hydrogens (primary N) is 1. The van der Waals surface area contributed by atoms with Gasteiger partial charge in [-0.1, -0.05) is 17.3 Å². The molecule has 0 atom stereocenters. The summed E-state index contributed by atoms with van der Waals surface area (Å²) in [5, 5.41) is 11.5. The molecule has 0 amide bonds. The molecule has 0 saturated carbocycles. The summed E-state index contributed by atoms with van der Waals surface area (Å²) in [6.45, 7) is 0. The molecule has 0 aliphatic heterocycles. The third-order valence-electron chi connectivity index (χ3n) is 2.74. The highest BCUT2D eigenvalue weighted by molar-refractivity contribution is 7.95. The Hall–Kier alpha value is -1.81. The Morgan fingerprint density at radius 2 is 1.90 bits per heavy atom. The molecule has 8 nitrogen and oxygen atoms in total. The summed E-state index contributed by atoms with van der Waals surface area (Å²) in [6.07, 6.45) is 0.974. The van der Waals surface area contributed by atoms with E-state index >= 15 is 0 Å². The van der Waals surface area contributed by atoms with Crippen LogP contribution >= 0.6 is 0 Å². The Labute approximate surface area is 123 Å². The van der Waals surface area contributed by atoms with Crippen molar-refractivity contribution in [3.05, 3.63) is 29.8 Å². The third kappa shape index (κ3) is 4.90. The molecular weight excluding hydrogens is 318 g/mol. The average molecular weight is 335 g/mol. The van der Waals surface area contributed by atoms with E-state index in [4.69, 9.17) is 10.9 Å². The smallest absolute Gasteiger partial charge is 0.235 e. The van der Waals surface area contributed by atoms with E-state index in [9.17, 15) is 16.8 Å². The molecule has 0 radical (unpaired) electrons. The second kappa shape index (κ2) is 6.31. The zero-order chi connectivity index (χ0) is 16.3. The van der Waals surface area contributed by atoms with Crippen LogP contribution in [0.3, 0.4) is 0 Å². The first kappa shape index (κ1) is 17.2. The molecule has 21 heavy (non-hydrogen) atoms. The molecule has 0 saturated heterocycles. The van der Waals surface area contributed by atoms with Gasteiger partial charge in [-0.3, -0.25) is 4.31 Å².